The molecule has 1 amide bonds. The van der Waals surface area contributed by atoms with Crippen LogP contribution in [0.1, 0.15) is 10.4 Å². The summed E-state index contributed by atoms with van der Waals surface area (Å²) in [6.45, 7) is 3.84. The normalized spacial score (nSPS) is 14.1. The summed E-state index contributed by atoms with van der Waals surface area (Å²) in [5, 5.41) is 7.26. The van der Waals surface area contributed by atoms with Crippen LogP contribution in [0.25, 0.3) is 10.2 Å². The van der Waals surface area contributed by atoms with Gasteiger partial charge in [0, 0.05) is 43.5 Å². The zero-order chi connectivity index (χ0) is 19.5. The summed E-state index contributed by atoms with van der Waals surface area (Å²) >= 11 is 1.62. The Labute approximate surface area is 167 Å². The van der Waals surface area contributed by atoms with E-state index >= 15 is 0 Å². The zero-order valence-electron chi connectivity index (χ0n) is 15.8. The second kappa shape index (κ2) is 8.04. The molecule has 0 radical (unpaired) electrons. The average Bonchev–Trinajstić information content (AvgIpc) is 3.17. The lowest BCUT2D eigenvalue weighted by atomic mass is 10.2. The molecule has 2 N–H and O–H groups in total. The quantitative estimate of drug-likeness (QED) is 0.688. The summed E-state index contributed by atoms with van der Waals surface area (Å²) in [5.74, 6) is 1.01. The van der Waals surface area contributed by atoms with Crippen LogP contribution in [0, 0.1) is 0 Å². The summed E-state index contributed by atoms with van der Waals surface area (Å²) in [6, 6.07) is 10.9. The van der Waals surface area contributed by atoms with E-state index in [-0.39, 0.29) is 5.91 Å². The molecule has 8 heteroatoms. The standard InChI is InChI=1S/C20H22N4O3S/c1-26-16-6-4-14(12-17(16)27-2)22-19(25)13-3-5-15-18(11-13)28-20(23-15)24-9-7-21-8-10-24/h3-6,11-12,21H,7-10H2,1-2H3,(H,22,25). The second-order valence-electron chi connectivity index (χ2n) is 6.44. The third kappa shape index (κ3) is 3.74. The summed E-state index contributed by atoms with van der Waals surface area (Å²) in [6.07, 6.45) is 0. The van der Waals surface area contributed by atoms with Crippen LogP contribution in [-0.4, -0.2) is 51.3 Å². The van der Waals surface area contributed by atoms with E-state index in [0.29, 0.717) is 22.7 Å². The van der Waals surface area contributed by atoms with E-state index in [1.807, 2.05) is 12.1 Å². The number of nitrogens with zero attached hydrogens (tertiary/aromatic N) is 2. The molecule has 1 saturated heterocycles. The van der Waals surface area contributed by atoms with Crippen LogP contribution in [0.5, 0.6) is 11.5 Å². The maximum Gasteiger partial charge on any atom is 0.255 e. The van der Waals surface area contributed by atoms with Crippen LogP contribution in [0.4, 0.5) is 10.8 Å². The SMILES string of the molecule is COc1ccc(NC(=O)c2ccc3nc(N4CCNCC4)sc3c2)cc1OC. The predicted octanol–water partition coefficient (Wildman–Crippen LogP) is 2.98. The lowest BCUT2D eigenvalue weighted by molar-refractivity contribution is 0.102. The summed E-state index contributed by atoms with van der Waals surface area (Å²) < 4.78 is 11.5. The molecule has 0 spiro atoms. The Morgan fingerprint density at radius 3 is 2.64 bits per heavy atom. The van der Waals surface area contributed by atoms with Crippen molar-refractivity contribution in [2.45, 2.75) is 0 Å². The van der Waals surface area contributed by atoms with E-state index in [9.17, 15) is 4.79 Å². The van der Waals surface area contributed by atoms with Crippen molar-refractivity contribution in [3.63, 3.8) is 0 Å². The van der Waals surface area contributed by atoms with Crippen LogP contribution < -0.4 is 25.0 Å². The van der Waals surface area contributed by atoms with Gasteiger partial charge in [-0.05, 0) is 30.3 Å². The largest absolute Gasteiger partial charge is 0.493 e. The third-order valence-electron chi connectivity index (χ3n) is 4.67. The molecule has 28 heavy (non-hydrogen) atoms. The Morgan fingerprint density at radius 2 is 1.89 bits per heavy atom. The fourth-order valence-electron chi connectivity index (χ4n) is 3.16. The van der Waals surface area contributed by atoms with Gasteiger partial charge in [-0.1, -0.05) is 11.3 Å². The van der Waals surface area contributed by atoms with Gasteiger partial charge in [-0.25, -0.2) is 4.98 Å². The van der Waals surface area contributed by atoms with Crippen molar-refractivity contribution in [1.29, 1.82) is 0 Å². The number of rotatable bonds is 5. The number of carbonyl (C=O) groups is 1. The number of hydrogen-bond acceptors (Lipinski definition) is 7. The van der Waals surface area contributed by atoms with Crippen molar-refractivity contribution in [3.8, 4) is 11.5 Å². The predicted molar refractivity (Wildman–Crippen MR) is 112 cm³/mol. The Hall–Kier alpha value is -2.84. The number of hydrogen-bond donors (Lipinski definition) is 2. The van der Waals surface area contributed by atoms with Crippen molar-refractivity contribution in [2.24, 2.45) is 0 Å². The van der Waals surface area contributed by atoms with Gasteiger partial charge in [0.15, 0.2) is 16.6 Å². The number of ether oxygens (including phenoxy) is 2. The minimum atomic E-state index is -0.175. The molecule has 4 rings (SSSR count). The van der Waals surface area contributed by atoms with Crippen LogP contribution in [0.15, 0.2) is 36.4 Å². The molecule has 7 nitrogen and oxygen atoms in total. The van der Waals surface area contributed by atoms with Gasteiger partial charge >= 0.3 is 0 Å². The number of aromatic nitrogens is 1. The smallest absolute Gasteiger partial charge is 0.255 e. The molecule has 2 aromatic carbocycles. The molecule has 146 valence electrons. The van der Waals surface area contributed by atoms with Gasteiger partial charge in [-0.3, -0.25) is 4.79 Å². The molecule has 1 aliphatic rings. The highest BCUT2D eigenvalue weighted by atomic mass is 32.1. The van der Waals surface area contributed by atoms with Crippen molar-refractivity contribution in [2.75, 3.05) is 50.6 Å². The van der Waals surface area contributed by atoms with Crippen molar-refractivity contribution in [1.82, 2.24) is 10.3 Å². The maximum absolute atomic E-state index is 12.7. The molecule has 1 aliphatic heterocycles. The minimum Gasteiger partial charge on any atom is -0.493 e. The van der Waals surface area contributed by atoms with Gasteiger partial charge in [0.2, 0.25) is 0 Å². The number of amides is 1. The Morgan fingerprint density at radius 1 is 1.11 bits per heavy atom. The lowest BCUT2D eigenvalue weighted by Crippen LogP contribution is -2.43. The van der Waals surface area contributed by atoms with E-state index in [1.54, 1.807) is 49.8 Å². The fraction of sp³-hybridized carbons (Fsp3) is 0.300. The number of thiazole rings is 1. The maximum atomic E-state index is 12.7. The van der Waals surface area contributed by atoms with Gasteiger partial charge in [-0.2, -0.15) is 0 Å². The second-order valence-corrected chi connectivity index (χ2v) is 7.45. The number of nitrogens with one attached hydrogen (secondary N) is 2. The van der Waals surface area contributed by atoms with E-state index in [4.69, 9.17) is 14.5 Å². The lowest BCUT2D eigenvalue weighted by Gasteiger charge is -2.26. The first-order valence-corrected chi connectivity index (χ1v) is 9.89. The fourth-order valence-corrected chi connectivity index (χ4v) is 4.22. The Balaban J connectivity index is 1.54. The number of methoxy groups -OCH3 is 2. The zero-order valence-corrected chi connectivity index (χ0v) is 16.6. The molecule has 0 aliphatic carbocycles. The molecule has 2 heterocycles. The highest BCUT2D eigenvalue weighted by Crippen LogP contribution is 2.31. The molecular weight excluding hydrogens is 376 g/mol. The third-order valence-corrected chi connectivity index (χ3v) is 5.75. The molecule has 0 saturated carbocycles. The molecule has 0 atom stereocenters. The van der Waals surface area contributed by atoms with E-state index in [0.717, 1.165) is 41.5 Å². The van der Waals surface area contributed by atoms with Gasteiger partial charge < -0.3 is 25.0 Å². The van der Waals surface area contributed by atoms with E-state index in [1.165, 1.54) is 0 Å². The van der Waals surface area contributed by atoms with Gasteiger partial charge in [-0.15, -0.1) is 0 Å². The van der Waals surface area contributed by atoms with Gasteiger partial charge in [0.1, 0.15) is 0 Å². The van der Waals surface area contributed by atoms with Crippen LogP contribution in [0.2, 0.25) is 0 Å². The molecule has 1 aromatic heterocycles. The van der Waals surface area contributed by atoms with Crippen molar-refractivity contribution in [3.05, 3.63) is 42.0 Å². The number of benzene rings is 2. The molecule has 0 bridgehead atoms. The minimum absolute atomic E-state index is 0.175. The first-order valence-electron chi connectivity index (χ1n) is 9.07. The van der Waals surface area contributed by atoms with Gasteiger partial charge in [0.05, 0.1) is 24.4 Å². The summed E-state index contributed by atoms with van der Waals surface area (Å²) in [5.41, 5.74) is 2.16. The molecule has 3 aromatic rings. The van der Waals surface area contributed by atoms with Crippen LogP contribution >= 0.6 is 11.3 Å². The average molecular weight is 398 g/mol. The van der Waals surface area contributed by atoms with E-state index < -0.39 is 0 Å². The Bertz CT molecular complexity index is 998. The Kier molecular flexibility index (Phi) is 5.31. The van der Waals surface area contributed by atoms with Crippen molar-refractivity contribution < 1.29 is 14.3 Å². The molecular formula is C20H22N4O3S. The monoisotopic (exact) mass is 398 g/mol. The topological polar surface area (TPSA) is 75.7 Å². The first kappa shape index (κ1) is 18.5. The number of anilines is 2. The molecule has 0 unspecified atom stereocenters. The summed E-state index contributed by atoms with van der Waals surface area (Å²) in [7, 11) is 3.15. The number of piperazine rings is 1. The molecule has 1 fully saturated rings. The van der Waals surface area contributed by atoms with Crippen LogP contribution in [-0.2, 0) is 0 Å². The number of carbonyl (C=O) groups excluding carboxylic acids is 1. The highest BCUT2D eigenvalue weighted by molar-refractivity contribution is 7.22. The van der Waals surface area contributed by atoms with E-state index in [2.05, 4.69) is 15.5 Å². The van der Waals surface area contributed by atoms with Gasteiger partial charge in [0.25, 0.3) is 5.91 Å². The van der Waals surface area contributed by atoms with Crippen LogP contribution in [0.3, 0.4) is 0 Å². The van der Waals surface area contributed by atoms with Crippen molar-refractivity contribution >= 4 is 38.3 Å². The highest BCUT2D eigenvalue weighted by Gasteiger charge is 2.16. The summed E-state index contributed by atoms with van der Waals surface area (Å²) in [4.78, 5) is 19.7. The number of fused-ring (bicyclic) bond motifs is 1. The first-order chi connectivity index (χ1) is 13.7.